The van der Waals surface area contributed by atoms with E-state index in [1.807, 2.05) is 56.3 Å². The van der Waals surface area contributed by atoms with Crippen molar-refractivity contribution in [3.8, 4) is 11.1 Å². The van der Waals surface area contributed by atoms with Crippen LogP contribution >= 0.6 is 12.2 Å². The molecule has 0 bridgehead atoms. The van der Waals surface area contributed by atoms with E-state index in [0.29, 0.717) is 11.3 Å². The quantitative estimate of drug-likeness (QED) is 0.322. The summed E-state index contributed by atoms with van der Waals surface area (Å²) in [5.41, 5.74) is 11.9. The number of aliphatic hydroxyl groups excluding tert-OH is 1. The second kappa shape index (κ2) is 8.08. The Morgan fingerprint density at radius 3 is 2.29 bits per heavy atom. The number of thiocarbonyl (C=S) groups is 1. The largest absolute Gasteiger partial charge is 0.507 e. The van der Waals surface area contributed by atoms with Gasteiger partial charge in [-0.05, 0) is 60.9 Å². The third-order valence-corrected chi connectivity index (χ3v) is 6.56. The summed E-state index contributed by atoms with van der Waals surface area (Å²) in [7, 11) is 0. The molecule has 0 heterocycles. The van der Waals surface area contributed by atoms with Crippen LogP contribution in [0.1, 0.15) is 31.8 Å². The minimum atomic E-state index is -1.03. The number of fused-ring (bicyclic) bond motifs is 2. The first kappa shape index (κ1) is 21.8. The third kappa shape index (κ3) is 3.43. The first-order valence-electron chi connectivity index (χ1n) is 10.9. The summed E-state index contributed by atoms with van der Waals surface area (Å²) < 4.78 is 0. The molecule has 168 valence electrons. The molecule has 1 atom stereocenters. The highest BCUT2D eigenvalue weighted by Crippen LogP contribution is 2.45. The van der Waals surface area contributed by atoms with Crippen LogP contribution in [0, 0.1) is 19.8 Å². The molecule has 5 rings (SSSR count). The van der Waals surface area contributed by atoms with E-state index in [4.69, 9.17) is 18.0 Å². The lowest BCUT2D eigenvalue weighted by molar-refractivity contribution is 0.0908. The van der Waals surface area contributed by atoms with Crippen molar-refractivity contribution in [3.05, 3.63) is 100 Å². The van der Waals surface area contributed by atoms with Crippen LogP contribution in [0.2, 0.25) is 0 Å². The number of carbonyl (C=O) groups excluding carboxylic acids is 2. The number of benzene rings is 3. The Balaban J connectivity index is 1.81. The molecule has 1 unspecified atom stereocenters. The lowest BCUT2D eigenvalue weighted by Gasteiger charge is -2.31. The molecule has 3 aromatic carbocycles. The van der Waals surface area contributed by atoms with E-state index >= 15 is 0 Å². The van der Waals surface area contributed by atoms with Gasteiger partial charge < -0.3 is 16.2 Å². The van der Waals surface area contributed by atoms with Crippen LogP contribution in [0.4, 0.5) is 17.1 Å². The van der Waals surface area contributed by atoms with Crippen LogP contribution in [0.3, 0.4) is 0 Å². The van der Waals surface area contributed by atoms with E-state index in [-0.39, 0.29) is 38.8 Å². The van der Waals surface area contributed by atoms with Gasteiger partial charge in [-0.1, -0.05) is 48.6 Å². The number of anilines is 3. The number of hydrogen-bond donors (Lipinski definition) is 3. The number of rotatable bonds is 3. The zero-order valence-corrected chi connectivity index (χ0v) is 19.5. The molecule has 0 spiro atoms. The molecule has 0 saturated heterocycles. The molecule has 0 aromatic heterocycles. The summed E-state index contributed by atoms with van der Waals surface area (Å²) in [5.74, 6) is -2.11. The third-order valence-electron chi connectivity index (χ3n) is 6.19. The molecule has 0 saturated carbocycles. The van der Waals surface area contributed by atoms with Gasteiger partial charge in [-0.15, -0.1) is 0 Å². The van der Waals surface area contributed by atoms with Crippen molar-refractivity contribution in [2.24, 2.45) is 5.92 Å². The maximum Gasteiger partial charge on any atom is 0.196 e. The molecule has 2 aliphatic carbocycles. The number of aliphatic hydroxyl groups is 1. The summed E-state index contributed by atoms with van der Waals surface area (Å²) >= 11 is 5.39. The Morgan fingerprint density at radius 2 is 1.62 bits per heavy atom. The van der Waals surface area contributed by atoms with Gasteiger partial charge in [0.15, 0.2) is 11.6 Å². The highest BCUT2D eigenvalue weighted by atomic mass is 32.1. The maximum absolute atomic E-state index is 13.7. The predicted molar refractivity (Wildman–Crippen MR) is 139 cm³/mol. The zero-order chi connectivity index (χ0) is 24.1. The highest BCUT2D eigenvalue weighted by molar-refractivity contribution is 7.80. The monoisotopic (exact) mass is 466 g/mol. The van der Waals surface area contributed by atoms with Gasteiger partial charge in [0.25, 0.3) is 0 Å². The average Bonchev–Trinajstić information content (AvgIpc) is 2.79. The van der Waals surface area contributed by atoms with Gasteiger partial charge in [0.2, 0.25) is 0 Å². The van der Waals surface area contributed by atoms with Gasteiger partial charge in [-0.25, -0.2) is 0 Å². The number of nitrogens with two attached hydrogens (primary N) is 1. The van der Waals surface area contributed by atoms with E-state index in [1.54, 1.807) is 6.07 Å². The second-order valence-electron chi connectivity index (χ2n) is 8.66. The van der Waals surface area contributed by atoms with E-state index in [0.717, 1.165) is 22.4 Å². The molecule has 6 heteroatoms. The van der Waals surface area contributed by atoms with Gasteiger partial charge in [-0.3, -0.25) is 9.59 Å². The van der Waals surface area contributed by atoms with Crippen molar-refractivity contribution in [2.45, 2.75) is 13.8 Å². The number of Topliss-reactive ketones (excluding diaryl/α,β-unsaturated/α-hetero) is 2. The summed E-state index contributed by atoms with van der Waals surface area (Å²) in [6.07, 6.45) is 2.85. The van der Waals surface area contributed by atoms with Crippen molar-refractivity contribution in [1.82, 2.24) is 0 Å². The van der Waals surface area contributed by atoms with Crippen LogP contribution in [0.25, 0.3) is 11.1 Å². The lowest BCUT2D eigenvalue weighted by Crippen LogP contribution is -2.37. The topological polar surface area (TPSA) is 92.4 Å². The highest BCUT2D eigenvalue weighted by Gasteiger charge is 2.44. The molecule has 3 aromatic rings. The smallest absolute Gasteiger partial charge is 0.196 e. The van der Waals surface area contributed by atoms with Crippen molar-refractivity contribution >= 4 is 45.7 Å². The van der Waals surface area contributed by atoms with Crippen molar-refractivity contribution in [2.75, 3.05) is 11.1 Å². The van der Waals surface area contributed by atoms with Gasteiger partial charge >= 0.3 is 0 Å². The SMILES string of the molecule is Cc1cc(C)cc(Nc2cc(-c3ccccc3)c(N)c3c2C(=O)C2=C(O)C=CC(=S)C2C3=O)c1. The van der Waals surface area contributed by atoms with Crippen LogP contribution < -0.4 is 11.1 Å². The fraction of sp³-hybridized carbons (Fsp3) is 0.107. The molecule has 5 nitrogen and oxygen atoms in total. The molecule has 0 aliphatic heterocycles. The fourth-order valence-electron chi connectivity index (χ4n) is 4.77. The van der Waals surface area contributed by atoms with E-state index in [1.165, 1.54) is 12.2 Å². The average molecular weight is 467 g/mol. The number of nitrogen functional groups attached to an aromatic ring is 1. The number of aryl methyl sites for hydroxylation is 2. The Kier molecular flexibility index (Phi) is 5.18. The number of nitrogens with one attached hydrogen (secondary N) is 1. The number of allylic oxidation sites excluding steroid dienone is 3. The molecule has 4 N–H and O–H groups in total. The van der Waals surface area contributed by atoms with Gasteiger partial charge in [0.1, 0.15) is 5.76 Å². The predicted octanol–water partition coefficient (Wildman–Crippen LogP) is 6.04. The summed E-state index contributed by atoms with van der Waals surface area (Å²) in [4.78, 5) is 27.8. The Labute approximate surface area is 202 Å². The number of carbonyl (C=O) groups is 2. The van der Waals surface area contributed by atoms with Crippen molar-refractivity contribution < 1.29 is 14.7 Å². The van der Waals surface area contributed by atoms with Crippen LogP contribution in [-0.4, -0.2) is 21.5 Å². The minimum absolute atomic E-state index is 0.000309. The van der Waals surface area contributed by atoms with Gasteiger partial charge in [0, 0.05) is 16.1 Å². The summed E-state index contributed by atoms with van der Waals surface area (Å²) in [5, 5.41) is 13.8. The molecular formula is C28H22N2O3S. The van der Waals surface area contributed by atoms with Crippen LogP contribution in [0.15, 0.2) is 78.1 Å². The van der Waals surface area contributed by atoms with E-state index in [9.17, 15) is 14.7 Å². The van der Waals surface area contributed by atoms with E-state index in [2.05, 4.69) is 11.4 Å². The Bertz CT molecular complexity index is 1450. The maximum atomic E-state index is 13.7. The van der Waals surface area contributed by atoms with E-state index < -0.39 is 11.7 Å². The second-order valence-corrected chi connectivity index (χ2v) is 9.14. The molecular weight excluding hydrogens is 444 g/mol. The summed E-state index contributed by atoms with van der Waals surface area (Å²) in [6, 6.07) is 17.2. The van der Waals surface area contributed by atoms with Crippen LogP contribution in [0.5, 0.6) is 0 Å². The van der Waals surface area contributed by atoms with Gasteiger partial charge in [0.05, 0.1) is 34.0 Å². The summed E-state index contributed by atoms with van der Waals surface area (Å²) in [6.45, 7) is 3.98. The number of hydrogen-bond acceptors (Lipinski definition) is 6. The molecule has 2 aliphatic rings. The molecule has 0 radical (unpaired) electrons. The zero-order valence-electron chi connectivity index (χ0n) is 18.7. The van der Waals surface area contributed by atoms with Crippen molar-refractivity contribution in [3.63, 3.8) is 0 Å². The normalized spacial score (nSPS) is 17.0. The van der Waals surface area contributed by atoms with Crippen LogP contribution in [-0.2, 0) is 0 Å². The fourth-order valence-corrected chi connectivity index (χ4v) is 5.06. The minimum Gasteiger partial charge on any atom is -0.507 e. The Hall–Kier alpha value is -4.03. The molecule has 0 amide bonds. The Morgan fingerprint density at radius 1 is 0.941 bits per heavy atom. The standard InChI is InChI=1S/C28H22N2O3S/c1-14-10-15(2)12-17(11-14)30-19-13-18(16-6-4-3-5-7-16)26(29)25-22(19)27(32)23-20(31)8-9-21(34)24(23)28(25)33/h3-13,24,30-31H,29H2,1-2H3. The first-order valence-corrected chi connectivity index (χ1v) is 11.3. The van der Waals surface area contributed by atoms with Gasteiger partial charge in [-0.2, -0.15) is 0 Å². The lowest BCUT2D eigenvalue weighted by atomic mass is 9.72. The molecule has 0 fully saturated rings. The van der Waals surface area contributed by atoms with Crippen molar-refractivity contribution in [1.29, 1.82) is 0 Å². The number of ketones is 2. The molecule has 34 heavy (non-hydrogen) atoms. The first-order chi connectivity index (χ1) is 16.3.